The summed E-state index contributed by atoms with van der Waals surface area (Å²) in [4.78, 5) is 0. The summed E-state index contributed by atoms with van der Waals surface area (Å²) in [6, 6.07) is 21.3. The molecule has 0 fully saturated rings. The Bertz CT molecular complexity index is 1230. The summed E-state index contributed by atoms with van der Waals surface area (Å²) >= 11 is 16.5. The molecule has 2 aliphatic rings. The van der Waals surface area contributed by atoms with Gasteiger partial charge in [-0.3, -0.25) is 0 Å². The Labute approximate surface area is 240 Å². The van der Waals surface area contributed by atoms with Gasteiger partial charge in [-0.2, -0.15) is 0 Å². The zero-order valence-electron chi connectivity index (χ0n) is 24.4. The molecular weight excluding hydrogens is 540 g/mol. The Morgan fingerprint density at radius 1 is 0.865 bits per heavy atom. The van der Waals surface area contributed by atoms with Gasteiger partial charge in [-0.1, -0.05) is 127 Å². The van der Waals surface area contributed by atoms with Crippen molar-refractivity contribution in [3.63, 3.8) is 0 Å². The number of fused-ring (bicyclic) bond motifs is 2. The first-order chi connectivity index (χ1) is 17.0. The van der Waals surface area contributed by atoms with E-state index in [1.165, 1.54) is 39.4 Å². The second kappa shape index (κ2) is 9.96. The molecule has 0 saturated heterocycles. The normalized spacial score (nSPS) is 25.0. The smallest absolute Gasteiger partial charge is 0.113 e. The molecule has 0 saturated carbocycles. The van der Waals surface area contributed by atoms with Gasteiger partial charge < -0.3 is 0 Å². The van der Waals surface area contributed by atoms with E-state index in [-0.39, 0.29) is 5.41 Å². The predicted molar refractivity (Wildman–Crippen MR) is 176 cm³/mol. The van der Waals surface area contributed by atoms with E-state index in [0.717, 1.165) is 18.5 Å². The molecule has 0 spiro atoms. The Morgan fingerprint density at radius 2 is 1.46 bits per heavy atom. The quantitative estimate of drug-likeness (QED) is 0.214. The van der Waals surface area contributed by atoms with Crippen LogP contribution in [0.5, 0.6) is 0 Å². The summed E-state index contributed by atoms with van der Waals surface area (Å²) in [6.45, 7) is 21.9. The fourth-order valence-electron chi connectivity index (χ4n) is 6.95. The van der Waals surface area contributed by atoms with Crippen LogP contribution < -0.4 is 0 Å². The van der Waals surface area contributed by atoms with Gasteiger partial charge in [-0.15, -0.1) is 23.2 Å². The van der Waals surface area contributed by atoms with Crippen molar-refractivity contribution in [2.24, 2.45) is 5.41 Å². The summed E-state index contributed by atoms with van der Waals surface area (Å²) < 4.78 is -1.11. The van der Waals surface area contributed by atoms with Crippen LogP contribution >= 0.6 is 23.2 Å². The van der Waals surface area contributed by atoms with Crippen LogP contribution in [0.25, 0.3) is 11.6 Å². The molecule has 0 aliphatic heterocycles. The number of halogens is 2. The SMILES string of the molecule is C[SiH](C)CCC1=Cc2ccccc2C1(Cl)[Si](C)(CC(C)(C)C)C1(Cl)C=C(C[Si](C)(C)C)c2ccccc21. The van der Waals surface area contributed by atoms with Crippen molar-refractivity contribution in [2.45, 2.75) is 93.6 Å². The van der Waals surface area contributed by atoms with E-state index in [4.69, 9.17) is 23.2 Å². The van der Waals surface area contributed by atoms with Gasteiger partial charge in [0.25, 0.3) is 0 Å². The summed E-state index contributed by atoms with van der Waals surface area (Å²) in [5.74, 6) is 0. The Kier molecular flexibility index (Phi) is 7.85. The summed E-state index contributed by atoms with van der Waals surface area (Å²) in [5.41, 5.74) is 8.21. The lowest BCUT2D eigenvalue weighted by molar-refractivity contribution is 0.453. The van der Waals surface area contributed by atoms with Gasteiger partial charge in [0.1, 0.15) is 8.07 Å². The van der Waals surface area contributed by atoms with Crippen LogP contribution in [0.1, 0.15) is 49.4 Å². The third-order valence-electron chi connectivity index (χ3n) is 8.30. The maximum absolute atomic E-state index is 8.28. The number of allylic oxidation sites excluding steroid dienone is 3. The van der Waals surface area contributed by atoms with Crippen molar-refractivity contribution < 1.29 is 0 Å². The first-order valence-corrected chi connectivity index (χ1v) is 24.3. The predicted octanol–water partition coefficient (Wildman–Crippen LogP) is 10.5. The Morgan fingerprint density at radius 3 is 2.05 bits per heavy atom. The lowest BCUT2D eigenvalue weighted by Crippen LogP contribution is -2.63. The average molecular weight is 586 g/mol. The van der Waals surface area contributed by atoms with Crippen LogP contribution in [0.2, 0.25) is 57.4 Å². The number of rotatable bonds is 8. The highest BCUT2D eigenvalue weighted by Crippen LogP contribution is 2.64. The first kappa shape index (κ1) is 29.1. The average Bonchev–Trinajstić information content (AvgIpc) is 3.23. The van der Waals surface area contributed by atoms with Crippen LogP contribution in [-0.2, 0) is 8.99 Å². The summed E-state index contributed by atoms with van der Waals surface area (Å²) in [5, 5.41) is 0. The minimum absolute atomic E-state index is 0.102. The molecule has 4 rings (SSSR count). The van der Waals surface area contributed by atoms with E-state index < -0.39 is 33.9 Å². The molecule has 0 radical (unpaired) electrons. The first-order valence-electron chi connectivity index (χ1n) is 14.0. The van der Waals surface area contributed by atoms with E-state index in [2.05, 4.69) is 121 Å². The maximum Gasteiger partial charge on any atom is 0.120 e. The van der Waals surface area contributed by atoms with Crippen LogP contribution in [0.3, 0.4) is 0 Å². The minimum Gasteiger partial charge on any atom is -0.113 e. The third-order valence-corrected chi connectivity index (χ3v) is 20.3. The molecule has 0 amide bonds. The molecule has 2 aliphatic carbocycles. The maximum atomic E-state index is 8.28. The van der Waals surface area contributed by atoms with Crippen molar-refractivity contribution in [2.75, 3.05) is 0 Å². The number of hydrogen-bond donors (Lipinski definition) is 0. The number of hydrogen-bond acceptors (Lipinski definition) is 0. The monoisotopic (exact) mass is 584 g/mol. The largest absolute Gasteiger partial charge is 0.120 e. The van der Waals surface area contributed by atoms with Crippen LogP contribution in [0, 0.1) is 5.41 Å². The fourth-order valence-corrected chi connectivity index (χ4v) is 17.5. The van der Waals surface area contributed by atoms with Crippen molar-refractivity contribution in [3.8, 4) is 0 Å². The molecule has 3 atom stereocenters. The lowest BCUT2D eigenvalue weighted by Gasteiger charge is -2.53. The van der Waals surface area contributed by atoms with Gasteiger partial charge in [-0.25, -0.2) is 0 Å². The van der Waals surface area contributed by atoms with E-state index in [1.807, 2.05) is 0 Å². The zero-order chi connectivity index (χ0) is 27.4. The number of alkyl halides is 2. The third kappa shape index (κ3) is 5.20. The fraction of sp³-hybridized carbons (Fsp3) is 0.500. The van der Waals surface area contributed by atoms with Gasteiger partial charge in [0.15, 0.2) is 0 Å². The minimum atomic E-state index is -2.60. The van der Waals surface area contributed by atoms with Gasteiger partial charge >= 0.3 is 0 Å². The van der Waals surface area contributed by atoms with Crippen molar-refractivity contribution in [1.82, 2.24) is 0 Å². The highest BCUT2D eigenvalue weighted by Gasteiger charge is 2.66. The van der Waals surface area contributed by atoms with E-state index in [9.17, 15) is 0 Å². The van der Waals surface area contributed by atoms with Gasteiger partial charge in [0.2, 0.25) is 0 Å². The second-order valence-electron chi connectivity index (χ2n) is 14.6. The van der Waals surface area contributed by atoms with Gasteiger partial charge in [0.05, 0.1) is 8.99 Å². The molecule has 0 N–H and O–H groups in total. The second-order valence-corrected chi connectivity index (χ2v) is 29.8. The molecular formula is C32H46Cl2Si3. The standard InChI is InChI=1S/C32H46Cl2Si3/c1-30(2,3)23-37(9,31(33)21-25(22-36(6,7)8)27-15-11-13-17-29(27)31)32(34)26(18-19-35(4)5)20-24-14-10-12-16-28(24)32/h10-17,20-21,35H,18-19,22-23H2,1-9H3. The van der Waals surface area contributed by atoms with Crippen molar-refractivity contribution >= 4 is 59.8 Å². The molecule has 0 heterocycles. The molecule has 5 heteroatoms. The molecule has 3 unspecified atom stereocenters. The van der Waals surface area contributed by atoms with Crippen LogP contribution in [-0.4, -0.2) is 24.9 Å². The summed E-state index contributed by atoms with van der Waals surface area (Å²) in [7, 11) is -4.70. The molecule has 0 bridgehead atoms. The van der Waals surface area contributed by atoms with Crippen molar-refractivity contribution in [3.05, 3.63) is 82.4 Å². The molecule has 2 aromatic carbocycles. The molecule has 37 heavy (non-hydrogen) atoms. The highest BCUT2D eigenvalue weighted by molar-refractivity contribution is 6.96. The van der Waals surface area contributed by atoms with Gasteiger partial charge in [0, 0.05) is 16.9 Å². The molecule has 0 nitrogen and oxygen atoms in total. The van der Waals surface area contributed by atoms with Crippen LogP contribution in [0.4, 0.5) is 0 Å². The Balaban J connectivity index is 2.01. The molecule has 0 aromatic heterocycles. The topological polar surface area (TPSA) is 0 Å². The highest BCUT2D eigenvalue weighted by atomic mass is 35.5. The van der Waals surface area contributed by atoms with E-state index in [0.29, 0.717) is 0 Å². The molecule has 2 aromatic rings. The van der Waals surface area contributed by atoms with Gasteiger partial charge in [-0.05, 0) is 57.3 Å². The molecule has 200 valence electrons. The summed E-state index contributed by atoms with van der Waals surface area (Å²) in [6.07, 6.45) is 6.00. The van der Waals surface area contributed by atoms with E-state index in [1.54, 1.807) is 0 Å². The zero-order valence-corrected chi connectivity index (χ0v) is 29.1. The Hall–Kier alpha value is -0.849. The number of benzene rings is 2. The van der Waals surface area contributed by atoms with Crippen molar-refractivity contribution in [1.29, 1.82) is 0 Å². The van der Waals surface area contributed by atoms with E-state index >= 15 is 0 Å². The van der Waals surface area contributed by atoms with Crippen LogP contribution in [0.15, 0.2) is 60.2 Å². The lowest BCUT2D eigenvalue weighted by atomic mass is 10.0.